The van der Waals surface area contributed by atoms with Gasteiger partial charge in [0.1, 0.15) is 62.0 Å². The van der Waals surface area contributed by atoms with E-state index in [0.717, 1.165) is 7.11 Å². The molecule has 10 atom stereocenters. The fraction of sp³-hybridized carbons (Fsp3) is 0.810. The zero-order valence-corrected chi connectivity index (χ0v) is 26.2. The van der Waals surface area contributed by atoms with Gasteiger partial charge in [0.15, 0.2) is 12.6 Å². The molecule has 2 heterocycles. The predicted octanol–water partition coefficient (Wildman–Crippen LogP) is -12.6. The van der Waals surface area contributed by atoms with Gasteiger partial charge >= 0.3 is 71.1 Å². The number of aliphatic hydroxyl groups is 5. The number of hydrogen-bond donors (Lipinski definition) is 5. The molecule has 0 aromatic rings. The van der Waals surface area contributed by atoms with Gasteiger partial charge in [-0.05, 0) is 12.8 Å². The first-order valence-electron chi connectivity index (χ1n) is 11.5. The van der Waals surface area contributed by atoms with Crippen LogP contribution in [0.15, 0.2) is 0 Å². The average molecular weight is 600 g/mol. The summed E-state index contributed by atoms with van der Waals surface area (Å²) < 4.78 is 30.9. The molecule has 0 amide bonds. The third-order valence-corrected chi connectivity index (χ3v) is 5.72. The average Bonchev–Trinajstić information content (AvgIpc) is 2.87. The maximum absolute atomic E-state index is 11.7. The van der Waals surface area contributed by atoms with Crippen LogP contribution in [0.4, 0.5) is 0 Å². The molecule has 19 heteroatoms. The third-order valence-electron chi connectivity index (χ3n) is 5.72. The topological polar surface area (TPSA) is 271 Å². The summed E-state index contributed by atoms with van der Waals surface area (Å²) in [5, 5.41) is 72.9. The Kier molecular flexibility index (Phi) is 18.7. The molecule has 17 nitrogen and oxygen atoms in total. The molecule has 0 radical (unpaired) electrons. The molecule has 0 aromatic heterocycles. The monoisotopic (exact) mass is 600 g/mol. The molecule has 218 valence electrons. The van der Waals surface area contributed by atoms with E-state index in [4.69, 9.17) is 28.4 Å². The molecule has 0 aromatic carbocycles. The number of aliphatic carboxylic acids is 2. The van der Waals surface area contributed by atoms with Crippen molar-refractivity contribution in [1.82, 2.24) is 0 Å². The Hall–Kier alpha value is -0.480. The fourth-order valence-electron chi connectivity index (χ4n) is 3.62. The minimum Gasteiger partial charge on any atom is -0.550 e. The molecule has 0 unspecified atom stereocenters. The molecule has 2 aliphatic heterocycles. The second kappa shape index (κ2) is 18.9. The number of carboxylic acid groups (broad SMARTS) is 2. The van der Waals surface area contributed by atoms with Crippen molar-refractivity contribution in [2.45, 2.75) is 87.1 Å². The summed E-state index contributed by atoms with van der Waals surface area (Å²) in [4.78, 5) is 44.3. The van der Waals surface area contributed by atoms with Crippen molar-refractivity contribution in [1.29, 1.82) is 0 Å². The summed E-state index contributed by atoms with van der Waals surface area (Å²) in [6, 6.07) is 0. The number of rotatable bonds is 13. The molecule has 2 rings (SSSR count). The summed E-state index contributed by atoms with van der Waals surface area (Å²) in [6.45, 7) is -1.29. The van der Waals surface area contributed by atoms with Gasteiger partial charge in [-0.3, -0.25) is 9.59 Å². The molecule has 0 aliphatic carbocycles. The van der Waals surface area contributed by atoms with Gasteiger partial charge in [0.25, 0.3) is 0 Å². The van der Waals surface area contributed by atoms with Crippen molar-refractivity contribution in [2.75, 3.05) is 20.3 Å². The molecule has 0 bridgehead atoms. The van der Waals surface area contributed by atoms with Gasteiger partial charge in [0.05, 0.1) is 12.8 Å². The van der Waals surface area contributed by atoms with E-state index in [-0.39, 0.29) is 59.1 Å². The number of esters is 2. The first kappa shape index (κ1) is 39.5. The van der Waals surface area contributed by atoms with E-state index >= 15 is 0 Å². The van der Waals surface area contributed by atoms with E-state index in [0.29, 0.717) is 0 Å². The van der Waals surface area contributed by atoms with Crippen LogP contribution in [0.3, 0.4) is 0 Å². The SMILES string of the molecule is CO[C@@H]1O[C@H](COC(=O)CCC(=O)[O-])[C@@H](O)[C@H](O[C@@H]2O[C@H](COC(=O)CCC(=O)[O-])[C@@H](O)[C@H](O)[C@H]2O)[C@H]1O.[Na+].[Na+]. The zero-order chi connectivity index (χ0) is 28.6. The van der Waals surface area contributed by atoms with Crippen LogP contribution in [0, 0.1) is 0 Å². The number of methoxy groups -OCH3 is 1. The minimum absolute atomic E-state index is 0. The van der Waals surface area contributed by atoms with Gasteiger partial charge < -0.3 is 73.8 Å². The second-order valence-electron chi connectivity index (χ2n) is 8.49. The van der Waals surface area contributed by atoms with Crippen molar-refractivity contribution in [3.63, 3.8) is 0 Å². The molecule has 0 spiro atoms. The van der Waals surface area contributed by atoms with Gasteiger partial charge in [-0.2, -0.15) is 0 Å². The number of carboxylic acids is 2. The Balaban J connectivity index is 0.00000760. The van der Waals surface area contributed by atoms with Crippen LogP contribution < -0.4 is 69.3 Å². The van der Waals surface area contributed by atoms with E-state index in [2.05, 4.69) is 0 Å². The van der Waals surface area contributed by atoms with E-state index in [9.17, 15) is 54.9 Å². The van der Waals surface area contributed by atoms with Crippen molar-refractivity contribution < 1.29 is 142 Å². The number of aliphatic hydroxyl groups excluding tert-OH is 5. The van der Waals surface area contributed by atoms with E-state index in [1.165, 1.54) is 0 Å². The van der Waals surface area contributed by atoms with Crippen LogP contribution in [0.2, 0.25) is 0 Å². The quantitative estimate of drug-likeness (QED) is 0.0969. The van der Waals surface area contributed by atoms with E-state index < -0.39 is 124 Å². The molecular formula is C21H30Na2O17. The first-order valence-corrected chi connectivity index (χ1v) is 11.5. The van der Waals surface area contributed by atoms with Crippen LogP contribution in [0.1, 0.15) is 25.7 Å². The van der Waals surface area contributed by atoms with Crippen LogP contribution in [-0.4, -0.2) is 131 Å². The van der Waals surface area contributed by atoms with Gasteiger partial charge in [-0.1, -0.05) is 0 Å². The predicted molar refractivity (Wildman–Crippen MR) is 110 cm³/mol. The summed E-state index contributed by atoms with van der Waals surface area (Å²) in [5.41, 5.74) is 0. The van der Waals surface area contributed by atoms with Crippen molar-refractivity contribution in [3.8, 4) is 0 Å². The molecule has 5 N–H and O–H groups in total. The van der Waals surface area contributed by atoms with Crippen molar-refractivity contribution >= 4 is 23.9 Å². The second-order valence-corrected chi connectivity index (χ2v) is 8.49. The Morgan fingerprint density at radius 1 is 0.650 bits per heavy atom. The fourth-order valence-corrected chi connectivity index (χ4v) is 3.62. The van der Waals surface area contributed by atoms with Crippen molar-refractivity contribution in [3.05, 3.63) is 0 Å². The molecule has 40 heavy (non-hydrogen) atoms. The zero-order valence-electron chi connectivity index (χ0n) is 22.2. The molecule has 2 saturated heterocycles. The van der Waals surface area contributed by atoms with Gasteiger partial charge in [-0.25, -0.2) is 0 Å². The number of carbonyl (C=O) groups excluding carboxylic acids is 4. The summed E-state index contributed by atoms with van der Waals surface area (Å²) >= 11 is 0. The van der Waals surface area contributed by atoms with Gasteiger partial charge in [-0.15, -0.1) is 0 Å². The molecular weight excluding hydrogens is 570 g/mol. The minimum atomic E-state index is -1.92. The van der Waals surface area contributed by atoms with Crippen LogP contribution in [0.5, 0.6) is 0 Å². The number of carbonyl (C=O) groups is 4. The van der Waals surface area contributed by atoms with Crippen LogP contribution >= 0.6 is 0 Å². The Bertz CT molecular complexity index is 831. The summed E-state index contributed by atoms with van der Waals surface area (Å²) in [6.07, 6.45) is -19.0. The normalized spacial score (nSPS) is 33.5. The van der Waals surface area contributed by atoms with Crippen LogP contribution in [-0.2, 0) is 47.6 Å². The van der Waals surface area contributed by atoms with Gasteiger partial charge in [0.2, 0.25) is 0 Å². The molecule has 0 saturated carbocycles. The molecule has 2 fully saturated rings. The van der Waals surface area contributed by atoms with Crippen molar-refractivity contribution in [2.24, 2.45) is 0 Å². The number of ether oxygens (including phenoxy) is 6. The molecule has 2 aliphatic rings. The van der Waals surface area contributed by atoms with Crippen LogP contribution in [0.25, 0.3) is 0 Å². The summed E-state index contributed by atoms with van der Waals surface area (Å²) in [7, 11) is 1.14. The largest absolute Gasteiger partial charge is 1.00 e. The smallest absolute Gasteiger partial charge is 0.550 e. The Morgan fingerprint density at radius 3 is 1.55 bits per heavy atom. The van der Waals surface area contributed by atoms with Gasteiger partial charge in [0, 0.05) is 19.0 Å². The third kappa shape index (κ3) is 11.7. The first-order chi connectivity index (χ1) is 17.8. The van der Waals surface area contributed by atoms with E-state index in [1.54, 1.807) is 0 Å². The number of hydrogen-bond acceptors (Lipinski definition) is 17. The summed E-state index contributed by atoms with van der Waals surface area (Å²) in [5.74, 6) is -4.88. The standard InChI is InChI=1S/C21H32O17.2Na/c1-33-20-18(32)19(15(29)9(36-20)7-35-13(27)5-3-11(24)25)38-21-17(31)16(30)14(28)8(37-21)6-34-12(26)4-2-10(22)23;;/h8-9,14-21,28-32H,2-7H2,1H3,(H,22,23)(H,24,25);;/q;2*+1/p-2/t8-,9-,14-,15-,16+,17-,18-,19+,20-,21+;;/m1../s1. The maximum Gasteiger partial charge on any atom is 1.00 e. The van der Waals surface area contributed by atoms with E-state index in [1.807, 2.05) is 0 Å². The maximum atomic E-state index is 11.7. The Morgan fingerprint density at radius 2 is 1.10 bits per heavy atom. The Labute approximate surface area is 272 Å².